The summed E-state index contributed by atoms with van der Waals surface area (Å²) in [5.74, 6) is -0.113. The van der Waals surface area contributed by atoms with Gasteiger partial charge in [0.25, 0.3) is 0 Å². The summed E-state index contributed by atoms with van der Waals surface area (Å²) in [6.07, 6.45) is 6.17. The topological polar surface area (TPSA) is 12.0 Å². The zero-order chi connectivity index (χ0) is 13.0. The maximum atomic E-state index is 13.3. The molecule has 0 unspecified atom stereocenters. The van der Waals surface area contributed by atoms with Gasteiger partial charge >= 0.3 is 0 Å². The lowest BCUT2D eigenvalue weighted by molar-refractivity contribution is 0.269. The fourth-order valence-electron chi connectivity index (χ4n) is 3.04. The number of rotatable bonds is 5. The van der Waals surface area contributed by atoms with Gasteiger partial charge in [0, 0.05) is 12.6 Å². The van der Waals surface area contributed by atoms with Gasteiger partial charge in [-0.1, -0.05) is 38.8 Å². The standard InChI is InChI=1S/C16H24FN/c1-13(2)18-12-16(8-3-4-9-16)11-14-6-5-7-15(17)10-14/h5-7,10,13,18H,3-4,8-9,11-12H2,1-2H3. The zero-order valence-corrected chi connectivity index (χ0v) is 11.5. The number of benzene rings is 1. The van der Waals surface area contributed by atoms with Gasteiger partial charge in [-0.15, -0.1) is 0 Å². The molecule has 0 atom stereocenters. The summed E-state index contributed by atoms with van der Waals surface area (Å²) < 4.78 is 13.3. The molecular formula is C16H24FN. The van der Waals surface area contributed by atoms with Crippen LogP contribution in [-0.4, -0.2) is 12.6 Å². The molecule has 0 aliphatic heterocycles. The molecule has 0 aromatic heterocycles. The Morgan fingerprint density at radius 2 is 2.00 bits per heavy atom. The Morgan fingerprint density at radius 3 is 2.61 bits per heavy atom. The van der Waals surface area contributed by atoms with Crippen molar-refractivity contribution >= 4 is 0 Å². The molecule has 2 heteroatoms. The molecule has 1 saturated carbocycles. The van der Waals surface area contributed by atoms with Crippen LogP contribution in [-0.2, 0) is 6.42 Å². The van der Waals surface area contributed by atoms with E-state index < -0.39 is 0 Å². The fourth-order valence-corrected chi connectivity index (χ4v) is 3.04. The first kappa shape index (κ1) is 13.5. The quantitative estimate of drug-likeness (QED) is 0.834. The lowest BCUT2D eigenvalue weighted by Gasteiger charge is -2.30. The van der Waals surface area contributed by atoms with Gasteiger partial charge in [-0.25, -0.2) is 4.39 Å². The second-order valence-electron chi connectivity index (χ2n) is 6.05. The van der Waals surface area contributed by atoms with Crippen molar-refractivity contribution < 1.29 is 4.39 Å². The third-order valence-electron chi connectivity index (χ3n) is 4.02. The van der Waals surface area contributed by atoms with Crippen LogP contribution in [0.2, 0.25) is 0 Å². The summed E-state index contributed by atoms with van der Waals surface area (Å²) in [6.45, 7) is 5.43. The molecule has 0 saturated heterocycles. The van der Waals surface area contributed by atoms with Crippen LogP contribution >= 0.6 is 0 Å². The monoisotopic (exact) mass is 249 g/mol. The second kappa shape index (κ2) is 5.83. The Morgan fingerprint density at radius 1 is 1.28 bits per heavy atom. The first-order valence-corrected chi connectivity index (χ1v) is 7.08. The number of hydrogen-bond donors (Lipinski definition) is 1. The van der Waals surface area contributed by atoms with Gasteiger partial charge < -0.3 is 5.32 Å². The first-order chi connectivity index (χ1) is 8.60. The van der Waals surface area contributed by atoms with Crippen molar-refractivity contribution in [3.63, 3.8) is 0 Å². The van der Waals surface area contributed by atoms with Crippen LogP contribution in [0.3, 0.4) is 0 Å². The minimum Gasteiger partial charge on any atom is -0.314 e. The molecule has 0 radical (unpaired) electrons. The maximum Gasteiger partial charge on any atom is 0.123 e. The van der Waals surface area contributed by atoms with Crippen molar-refractivity contribution in [1.82, 2.24) is 5.32 Å². The summed E-state index contributed by atoms with van der Waals surface area (Å²) in [4.78, 5) is 0. The Kier molecular flexibility index (Phi) is 4.39. The smallest absolute Gasteiger partial charge is 0.123 e. The lowest BCUT2D eigenvalue weighted by Crippen LogP contribution is -2.37. The van der Waals surface area contributed by atoms with Gasteiger partial charge in [0.1, 0.15) is 5.82 Å². The Labute approximate surface area is 110 Å². The number of halogens is 1. The van der Waals surface area contributed by atoms with E-state index in [0.29, 0.717) is 11.5 Å². The third-order valence-corrected chi connectivity index (χ3v) is 4.02. The van der Waals surface area contributed by atoms with Crippen molar-refractivity contribution in [2.24, 2.45) is 5.41 Å². The molecule has 1 N–H and O–H groups in total. The van der Waals surface area contributed by atoms with Crippen molar-refractivity contribution in [3.8, 4) is 0 Å². The summed E-state index contributed by atoms with van der Waals surface area (Å²) in [5, 5.41) is 3.57. The van der Waals surface area contributed by atoms with Crippen LogP contribution in [0.1, 0.15) is 45.1 Å². The van der Waals surface area contributed by atoms with E-state index in [2.05, 4.69) is 25.2 Å². The number of nitrogens with one attached hydrogen (secondary N) is 1. The first-order valence-electron chi connectivity index (χ1n) is 7.08. The predicted molar refractivity (Wildman–Crippen MR) is 74.1 cm³/mol. The SMILES string of the molecule is CC(C)NCC1(Cc2cccc(F)c2)CCCC1. The van der Waals surface area contributed by atoms with Crippen LogP contribution in [0.4, 0.5) is 4.39 Å². The van der Waals surface area contributed by atoms with E-state index in [4.69, 9.17) is 0 Å². The minimum atomic E-state index is -0.113. The minimum absolute atomic E-state index is 0.113. The van der Waals surface area contributed by atoms with Gasteiger partial charge in [-0.3, -0.25) is 0 Å². The molecule has 1 aromatic rings. The van der Waals surface area contributed by atoms with E-state index >= 15 is 0 Å². The van der Waals surface area contributed by atoms with Crippen molar-refractivity contribution in [2.45, 2.75) is 52.0 Å². The van der Waals surface area contributed by atoms with E-state index in [0.717, 1.165) is 18.5 Å². The van der Waals surface area contributed by atoms with Crippen LogP contribution in [0.5, 0.6) is 0 Å². The number of hydrogen-bond acceptors (Lipinski definition) is 1. The van der Waals surface area contributed by atoms with Crippen molar-refractivity contribution in [1.29, 1.82) is 0 Å². The molecule has 1 fully saturated rings. The van der Waals surface area contributed by atoms with Crippen molar-refractivity contribution in [3.05, 3.63) is 35.6 Å². The average molecular weight is 249 g/mol. The molecular weight excluding hydrogens is 225 g/mol. The lowest BCUT2D eigenvalue weighted by atomic mass is 9.79. The van der Waals surface area contributed by atoms with Gasteiger partial charge in [0.2, 0.25) is 0 Å². The molecule has 1 nitrogen and oxygen atoms in total. The van der Waals surface area contributed by atoms with Crippen molar-refractivity contribution in [2.75, 3.05) is 6.54 Å². The zero-order valence-electron chi connectivity index (χ0n) is 11.5. The molecule has 100 valence electrons. The van der Waals surface area contributed by atoms with E-state index in [9.17, 15) is 4.39 Å². The largest absolute Gasteiger partial charge is 0.314 e. The van der Waals surface area contributed by atoms with Gasteiger partial charge in [0.05, 0.1) is 0 Å². The maximum absolute atomic E-state index is 13.3. The summed E-state index contributed by atoms with van der Waals surface area (Å²) in [7, 11) is 0. The van der Waals surface area contributed by atoms with Gasteiger partial charge in [-0.2, -0.15) is 0 Å². The summed E-state index contributed by atoms with van der Waals surface area (Å²) in [6, 6.07) is 7.61. The van der Waals surface area contributed by atoms with Gasteiger partial charge in [-0.05, 0) is 42.4 Å². The molecule has 0 bridgehead atoms. The van der Waals surface area contributed by atoms with Crippen LogP contribution in [0.25, 0.3) is 0 Å². The fraction of sp³-hybridized carbons (Fsp3) is 0.625. The van der Waals surface area contributed by atoms with E-state index in [1.54, 1.807) is 6.07 Å². The molecule has 0 amide bonds. The summed E-state index contributed by atoms with van der Waals surface area (Å²) in [5.41, 5.74) is 1.49. The molecule has 0 heterocycles. The van der Waals surface area contributed by atoms with Gasteiger partial charge in [0.15, 0.2) is 0 Å². The highest BCUT2D eigenvalue weighted by Gasteiger charge is 2.33. The molecule has 0 spiro atoms. The summed E-state index contributed by atoms with van der Waals surface area (Å²) >= 11 is 0. The van der Waals surface area contributed by atoms with Crippen LogP contribution in [0.15, 0.2) is 24.3 Å². The Balaban J connectivity index is 2.06. The van der Waals surface area contributed by atoms with E-state index in [1.165, 1.54) is 31.7 Å². The molecule has 1 aliphatic rings. The van der Waals surface area contributed by atoms with Crippen LogP contribution in [0, 0.1) is 11.2 Å². The van der Waals surface area contributed by atoms with Crippen LogP contribution < -0.4 is 5.32 Å². The highest BCUT2D eigenvalue weighted by molar-refractivity contribution is 5.18. The highest BCUT2D eigenvalue weighted by atomic mass is 19.1. The van der Waals surface area contributed by atoms with E-state index in [1.807, 2.05) is 6.07 Å². The highest BCUT2D eigenvalue weighted by Crippen LogP contribution is 2.40. The predicted octanol–water partition coefficient (Wildman–Crippen LogP) is 3.93. The molecule has 1 aromatic carbocycles. The average Bonchev–Trinajstić information content (AvgIpc) is 2.76. The molecule has 18 heavy (non-hydrogen) atoms. The Bertz CT molecular complexity index is 380. The molecule has 2 rings (SSSR count). The third kappa shape index (κ3) is 3.55. The second-order valence-corrected chi connectivity index (χ2v) is 6.05. The molecule has 1 aliphatic carbocycles. The normalized spacial score (nSPS) is 18.4. The Hall–Kier alpha value is -0.890. The van der Waals surface area contributed by atoms with E-state index in [-0.39, 0.29) is 5.82 Å².